The third kappa shape index (κ3) is 7.04. The van der Waals surface area contributed by atoms with Crippen molar-refractivity contribution in [3.05, 3.63) is 48.3 Å². The van der Waals surface area contributed by atoms with Gasteiger partial charge in [-0.2, -0.15) is 0 Å². The number of nitrogens with zero attached hydrogens (tertiary/aromatic N) is 2. The Hall–Kier alpha value is -1.77. The van der Waals surface area contributed by atoms with Crippen molar-refractivity contribution in [2.24, 2.45) is 0 Å². The lowest BCUT2D eigenvalue weighted by molar-refractivity contribution is -0.723. The van der Waals surface area contributed by atoms with Crippen LogP contribution in [-0.4, -0.2) is 9.67 Å². The van der Waals surface area contributed by atoms with E-state index in [1.165, 1.54) is 70.6 Å². The van der Waals surface area contributed by atoms with Gasteiger partial charge in [0.15, 0.2) is 0 Å². The number of aliphatic hydroxyl groups is 1. The number of imidazole rings is 1. The maximum Gasteiger partial charge on any atom is 0.249 e. The van der Waals surface area contributed by atoms with Crippen LogP contribution in [0.3, 0.4) is 0 Å². The van der Waals surface area contributed by atoms with Crippen LogP contribution in [-0.2, 0) is 0 Å². The number of hydrogen-bond donors (Lipinski definition) is 1. The molecule has 0 saturated heterocycles. The summed E-state index contributed by atoms with van der Waals surface area (Å²) < 4.78 is 4.56. The standard InChI is InChI=1S/C24H38N2O/c1-20(2)24(21(3)18-22(4)27)26-17-16-25(19-26)23-14-12-10-8-6-5-7-9-11-13-15-23/h16-19,23H,1,5-15H2,2-4H3/p+1/b22-18+,24-21+. The first-order valence-electron chi connectivity index (χ1n) is 10.8. The molecule has 0 bridgehead atoms. The summed E-state index contributed by atoms with van der Waals surface area (Å²) in [5.41, 5.74) is 3.10. The zero-order chi connectivity index (χ0) is 19.6. The molecule has 0 aromatic carbocycles. The van der Waals surface area contributed by atoms with Gasteiger partial charge in [0.25, 0.3) is 0 Å². The zero-order valence-electron chi connectivity index (χ0n) is 17.7. The Morgan fingerprint density at radius 1 is 0.963 bits per heavy atom. The molecule has 0 spiro atoms. The van der Waals surface area contributed by atoms with Gasteiger partial charge >= 0.3 is 0 Å². The van der Waals surface area contributed by atoms with Crippen molar-refractivity contribution in [2.45, 2.75) is 97.4 Å². The van der Waals surface area contributed by atoms with Crippen molar-refractivity contribution in [2.75, 3.05) is 0 Å². The molecule has 3 heteroatoms. The lowest BCUT2D eigenvalue weighted by atomic mass is 9.98. The molecule has 27 heavy (non-hydrogen) atoms. The van der Waals surface area contributed by atoms with Gasteiger partial charge < -0.3 is 5.11 Å². The molecule has 1 N–H and O–H groups in total. The Kier molecular flexibility index (Phi) is 8.90. The van der Waals surface area contributed by atoms with Gasteiger partial charge in [-0.15, -0.1) is 0 Å². The fourth-order valence-electron chi connectivity index (χ4n) is 4.30. The van der Waals surface area contributed by atoms with Gasteiger partial charge in [-0.1, -0.05) is 51.5 Å². The maximum atomic E-state index is 9.64. The maximum absolute atomic E-state index is 9.64. The Bertz CT molecular complexity index is 650. The fourth-order valence-corrected chi connectivity index (χ4v) is 4.30. The molecular weight excluding hydrogens is 332 g/mol. The lowest BCUT2D eigenvalue weighted by Gasteiger charge is -2.15. The molecule has 0 unspecified atom stereocenters. The minimum absolute atomic E-state index is 0.325. The fraction of sp³-hybridized carbons (Fsp3) is 0.625. The second kappa shape index (κ2) is 11.2. The minimum atomic E-state index is 0.325. The molecule has 0 radical (unpaired) electrons. The highest BCUT2D eigenvalue weighted by molar-refractivity contribution is 5.67. The third-order valence-corrected chi connectivity index (χ3v) is 5.61. The van der Waals surface area contributed by atoms with Gasteiger partial charge in [-0.05, 0) is 63.7 Å². The van der Waals surface area contributed by atoms with Crippen molar-refractivity contribution in [3.8, 4) is 0 Å². The minimum Gasteiger partial charge on any atom is -0.513 e. The first-order valence-corrected chi connectivity index (χ1v) is 10.8. The molecule has 1 saturated carbocycles. The Morgan fingerprint density at radius 3 is 1.96 bits per heavy atom. The van der Waals surface area contributed by atoms with E-state index in [4.69, 9.17) is 0 Å². The summed E-state index contributed by atoms with van der Waals surface area (Å²) in [6.45, 7) is 9.92. The molecule has 150 valence electrons. The van der Waals surface area contributed by atoms with Crippen LogP contribution < -0.4 is 4.57 Å². The summed E-state index contributed by atoms with van der Waals surface area (Å²) in [6, 6.07) is 0.590. The first kappa shape index (κ1) is 21.5. The number of aliphatic hydroxyl groups excluding tert-OH is 1. The van der Waals surface area contributed by atoms with Crippen LogP contribution in [0.2, 0.25) is 0 Å². The van der Waals surface area contributed by atoms with E-state index in [0.717, 1.165) is 16.8 Å². The van der Waals surface area contributed by atoms with Gasteiger partial charge in [0.05, 0.1) is 5.76 Å². The number of aromatic nitrogens is 2. The summed E-state index contributed by atoms with van der Waals surface area (Å²) >= 11 is 0. The van der Waals surface area contributed by atoms with Crippen molar-refractivity contribution in [1.29, 1.82) is 0 Å². The molecule has 2 rings (SSSR count). The molecule has 0 aliphatic heterocycles. The quantitative estimate of drug-likeness (QED) is 0.348. The topological polar surface area (TPSA) is 29.0 Å². The largest absolute Gasteiger partial charge is 0.513 e. The highest BCUT2D eigenvalue weighted by Gasteiger charge is 2.19. The average Bonchev–Trinajstić information content (AvgIpc) is 3.03. The summed E-state index contributed by atoms with van der Waals surface area (Å²) in [6.07, 6.45) is 23.4. The first-order chi connectivity index (χ1) is 13.0. The number of rotatable bonds is 4. The molecule has 1 aromatic rings. The molecule has 1 fully saturated rings. The highest BCUT2D eigenvalue weighted by atomic mass is 16.3. The van der Waals surface area contributed by atoms with E-state index < -0.39 is 0 Å². The van der Waals surface area contributed by atoms with E-state index >= 15 is 0 Å². The van der Waals surface area contributed by atoms with E-state index in [1.807, 2.05) is 19.9 Å². The van der Waals surface area contributed by atoms with Crippen LogP contribution in [0.15, 0.2) is 48.3 Å². The number of hydrogen-bond acceptors (Lipinski definition) is 1. The van der Waals surface area contributed by atoms with Gasteiger partial charge in [0.1, 0.15) is 24.1 Å². The predicted molar refractivity (Wildman–Crippen MR) is 115 cm³/mol. The van der Waals surface area contributed by atoms with Crippen molar-refractivity contribution >= 4 is 5.70 Å². The smallest absolute Gasteiger partial charge is 0.249 e. The molecule has 0 amide bonds. The summed E-state index contributed by atoms with van der Waals surface area (Å²) in [4.78, 5) is 0. The predicted octanol–water partition coefficient (Wildman–Crippen LogP) is 6.89. The zero-order valence-corrected chi connectivity index (χ0v) is 17.7. The Labute approximate surface area is 166 Å². The monoisotopic (exact) mass is 371 g/mol. The van der Waals surface area contributed by atoms with Gasteiger partial charge in [0, 0.05) is 0 Å². The van der Waals surface area contributed by atoms with Gasteiger partial charge in [-0.25, -0.2) is 9.13 Å². The van der Waals surface area contributed by atoms with E-state index in [-0.39, 0.29) is 0 Å². The SMILES string of the molecule is C=C(C)/C(=C(C)\C=C(/C)O)n1cc[n+](C2CCCCCCCCCCC2)c1. The molecule has 0 atom stereocenters. The average molecular weight is 372 g/mol. The van der Waals surface area contributed by atoms with Gasteiger partial charge in [-0.3, -0.25) is 0 Å². The molecular formula is C24H39N2O+. The van der Waals surface area contributed by atoms with E-state index in [0.29, 0.717) is 11.8 Å². The normalized spacial score (nSPS) is 19.7. The van der Waals surface area contributed by atoms with Crippen molar-refractivity contribution < 1.29 is 9.67 Å². The number of allylic oxidation sites excluding steroid dienone is 5. The molecule has 1 heterocycles. The van der Waals surface area contributed by atoms with Gasteiger partial charge in [0.2, 0.25) is 6.33 Å². The highest BCUT2D eigenvalue weighted by Crippen LogP contribution is 2.23. The van der Waals surface area contributed by atoms with Crippen molar-refractivity contribution in [3.63, 3.8) is 0 Å². The van der Waals surface area contributed by atoms with E-state index in [2.05, 4.69) is 34.4 Å². The molecule has 3 nitrogen and oxygen atoms in total. The van der Waals surface area contributed by atoms with E-state index in [9.17, 15) is 5.11 Å². The third-order valence-electron chi connectivity index (χ3n) is 5.61. The molecule has 1 aromatic heterocycles. The van der Waals surface area contributed by atoms with Crippen LogP contribution >= 0.6 is 0 Å². The lowest BCUT2D eigenvalue weighted by Crippen LogP contribution is -2.37. The van der Waals surface area contributed by atoms with Crippen molar-refractivity contribution in [1.82, 2.24) is 4.57 Å². The second-order valence-electron chi connectivity index (χ2n) is 8.28. The van der Waals surface area contributed by atoms with Crippen LogP contribution in [0.4, 0.5) is 0 Å². The van der Waals surface area contributed by atoms with Crippen LogP contribution in [0.5, 0.6) is 0 Å². The summed E-state index contributed by atoms with van der Waals surface area (Å²) in [5, 5.41) is 9.64. The Morgan fingerprint density at radius 2 is 1.48 bits per heavy atom. The van der Waals surface area contributed by atoms with Crippen LogP contribution in [0, 0.1) is 0 Å². The molecule has 1 aliphatic rings. The Balaban J connectivity index is 2.19. The molecule has 1 aliphatic carbocycles. The second-order valence-corrected chi connectivity index (χ2v) is 8.28. The summed E-state index contributed by atoms with van der Waals surface area (Å²) in [7, 11) is 0. The van der Waals surface area contributed by atoms with Crippen LogP contribution in [0.1, 0.15) is 97.4 Å². The summed E-state index contributed by atoms with van der Waals surface area (Å²) in [5.74, 6) is 0.325. The van der Waals surface area contributed by atoms with E-state index in [1.54, 1.807) is 6.92 Å². The van der Waals surface area contributed by atoms with Crippen LogP contribution in [0.25, 0.3) is 5.70 Å².